The van der Waals surface area contributed by atoms with E-state index < -0.39 is 0 Å². The van der Waals surface area contributed by atoms with Crippen LogP contribution < -0.4 is 29.6 Å². The van der Waals surface area contributed by atoms with Crippen LogP contribution in [0.5, 0.6) is 23.0 Å². The van der Waals surface area contributed by atoms with E-state index in [-0.39, 0.29) is 31.6 Å². The van der Waals surface area contributed by atoms with Gasteiger partial charge < -0.3 is 29.6 Å². The molecule has 2 aromatic carbocycles. The van der Waals surface area contributed by atoms with Crippen molar-refractivity contribution in [1.29, 1.82) is 0 Å². The van der Waals surface area contributed by atoms with Crippen molar-refractivity contribution in [3.63, 3.8) is 0 Å². The van der Waals surface area contributed by atoms with Gasteiger partial charge >= 0.3 is 0 Å². The van der Waals surface area contributed by atoms with E-state index in [0.29, 0.717) is 28.7 Å². The van der Waals surface area contributed by atoms with Crippen molar-refractivity contribution < 1.29 is 28.5 Å². The van der Waals surface area contributed by atoms with Gasteiger partial charge in [-0.15, -0.1) is 0 Å². The summed E-state index contributed by atoms with van der Waals surface area (Å²) >= 11 is 0. The maximum absolute atomic E-state index is 12.1. The molecule has 0 aliphatic carbocycles. The van der Waals surface area contributed by atoms with Crippen LogP contribution in [0, 0.1) is 0 Å². The summed E-state index contributed by atoms with van der Waals surface area (Å²) in [7, 11) is 3.07. The van der Waals surface area contributed by atoms with E-state index in [0.717, 1.165) is 5.56 Å². The largest absolute Gasteiger partial charge is 0.493 e. The molecule has 0 saturated carbocycles. The van der Waals surface area contributed by atoms with Crippen molar-refractivity contribution >= 4 is 17.5 Å². The molecule has 3 rings (SSSR count). The zero-order valence-electron chi connectivity index (χ0n) is 15.0. The highest BCUT2D eigenvalue weighted by Crippen LogP contribution is 2.34. The van der Waals surface area contributed by atoms with Crippen LogP contribution in [0.2, 0.25) is 0 Å². The molecule has 0 bridgehead atoms. The molecule has 2 amide bonds. The van der Waals surface area contributed by atoms with Crippen molar-refractivity contribution in [2.24, 2.45) is 0 Å². The minimum Gasteiger partial charge on any atom is -0.493 e. The van der Waals surface area contributed by atoms with Gasteiger partial charge in [-0.3, -0.25) is 9.59 Å². The Hall–Kier alpha value is -3.42. The highest BCUT2D eigenvalue weighted by molar-refractivity contribution is 5.95. The number of anilines is 1. The number of carbonyl (C=O) groups is 2. The molecule has 1 aliphatic rings. The molecule has 8 nitrogen and oxygen atoms in total. The molecule has 142 valence electrons. The van der Waals surface area contributed by atoms with E-state index in [2.05, 4.69) is 10.6 Å². The van der Waals surface area contributed by atoms with Gasteiger partial charge in [0.15, 0.2) is 23.0 Å². The first-order chi connectivity index (χ1) is 13.1. The maximum Gasteiger partial charge on any atom is 0.243 e. The Bertz CT molecular complexity index is 852. The summed E-state index contributed by atoms with van der Waals surface area (Å²) in [5, 5.41) is 5.29. The molecular weight excluding hydrogens is 352 g/mol. The number of nitrogens with one attached hydrogen (secondary N) is 2. The number of amides is 2. The van der Waals surface area contributed by atoms with Gasteiger partial charge in [0.1, 0.15) is 0 Å². The van der Waals surface area contributed by atoms with Crippen molar-refractivity contribution in [3.8, 4) is 23.0 Å². The van der Waals surface area contributed by atoms with Crippen molar-refractivity contribution in [1.82, 2.24) is 5.32 Å². The van der Waals surface area contributed by atoms with E-state index in [4.69, 9.17) is 18.9 Å². The molecule has 2 aromatic rings. The zero-order chi connectivity index (χ0) is 19.2. The van der Waals surface area contributed by atoms with Crippen LogP contribution in [-0.4, -0.2) is 39.4 Å². The van der Waals surface area contributed by atoms with E-state index in [9.17, 15) is 9.59 Å². The molecule has 0 fully saturated rings. The number of ether oxygens (including phenoxy) is 4. The van der Waals surface area contributed by atoms with Crippen LogP contribution in [0.15, 0.2) is 36.4 Å². The molecule has 1 aliphatic heterocycles. The Morgan fingerprint density at radius 3 is 2.52 bits per heavy atom. The number of fused-ring (bicyclic) bond motifs is 1. The Morgan fingerprint density at radius 1 is 0.963 bits per heavy atom. The molecule has 1 heterocycles. The van der Waals surface area contributed by atoms with Gasteiger partial charge in [0, 0.05) is 11.8 Å². The summed E-state index contributed by atoms with van der Waals surface area (Å²) in [4.78, 5) is 24.1. The second kappa shape index (κ2) is 8.31. The van der Waals surface area contributed by atoms with Gasteiger partial charge in [-0.05, 0) is 29.8 Å². The average Bonchev–Trinajstić information content (AvgIpc) is 3.14. The predicted molar refractivity (Wildman–Crippen MR) is 97.5 cm³/mol. The van der Waals surface area contributed by atoms with E-state index in [1.807, 2.05) is 0 Å². The smallest absolute Gasteiger partial charge is 0.243 e. The summed E-state index contributed by atoms with van der Waals surface area (Å²) < 4.78 is 20.9. The Morgan fingerprint density at radius 2 is 1.74 bits per heavy atom. The summed E-state index contributed by atoms with van der Waals surface area (Å²) in [5.74, 6) is 1.73. The maximum atomic E-state index is 12.1. The van der Waals surface area contributed by atoms with Crippen molar-refractivity contribution in [3.05, 3.63) is 42.0 Å². The summed E-state index contributed by atoms with van der Waals surface area (Å²) in [5.41, 5.74) is 1.32. The summed E-state index contributed by atoms with van der Waals surface area (Å²) in [6, 6.07) is 10.3. The number of hydrogen-bond acceptors (Lipinski definition) is 6. The third-order valence-electron chi connectivity index (χ3n) is 3.92. The average molecular weight is 372 g/mol. The van der Waals surface area contributed by atoms with Gasteiger partial charge in [-0.25, -0.2) is 0 Å². The second-order valence-electron chi connectivity index (χ2n) is 5.76. The number of benzene rings is 2. The van der Waals surface area contributed by atoms with E-state index >= 15 is 0 Å². The topological polar surface area (TPSA) is 95.1 Å². The van der Waals surface area contributed by atoms with Gasteiger partial charge in [0.05, 0.1) is 27.2 Å². The van der Waals surface area contributed by atoms with Crippen LogP contribution in [0.1, 0.15) is 5.56 Å². The first-order valence-corrected chi connectivity index (χ1v) is 8.26. The van der Waals surface area contributed by atoms with Crippen LogP contribution in [-0.2, 0) is 16.0 Å². The van der Waals surface area contributed by atoms with Gasteiger partial charge in [-0.2, -0.15) is 0 Å². The predicted octanol–water partition coefficient (Wildman–Crippen LogP) is 1.73. The minimum atomic E-state index is -0.338. The Labute approximate surface area is 156 Å². The summed E-state index contributed by atoms with van der Waals surface area (Å²) in [6.45, 7) is 0.0273. The fraction of sp³-hybridized carbons (Fsp3) is 0.263. The monoisotopic (exact) mass is 372 g/mol. The quantitative estimate of drug-likeness (QED) is 0.769. The molecule has 0 spiro atoms. The fourth-order valence-electron chi connectivity index (χ4n) is 2.60. The Balaban J connectivity index is 1.49. The number of carbonyl (C=O) groups excluding carboxylic acids is 2. The first kappa shape index (κ1) is 18.4. The molecule has 27 heavy (non-hydrogen) atoms. The highest BCUT2D eigenvalue weighted by Gasteiger charge is 2.14. The lowest BCUT2D eigenvalue weighted by atomic mass is 10.1. The molecule has 0 aromatic heterocycles. The number of hydrogen-bond donors (Lipinski definition) is 2. The van der Waals surface area contributed by atoms with Crippen LogP contribution >= 0.6 is 0 Å². The van der Waals surface area contributed by atoms with E-state index in [1.54, 1.807) is 43.5 Å². The lowest BCUT2D eigenvalue weighted by Gasteiger charge is -2.10. The third-order valence-corrected chi connectivity index (χ3v) is 3.92. The molecule has 0 saturated heterocycles. The molecule has 0 unspecified atom stereocenters. The van der Waals surface area contributed by atoms with Crippen LogP contribution in [0.3, 0.4) is 0 Å². The third kappa shape index (κ3) is 4.60. The van der Waals surface area contributed by atoms with E-state index in [1.165, 1.54) is 7.11 Å². The number of methoxy groups -OCH3 is 2. The molecule has 8 heteroatoms. The summed E-state index contributed by atoms with van der Waals surface area (Å²) in [6.07, 6.45) is 0.123. The van der Waals surface area contributed by atoms with Crippen LogP contribution in [0.4, 0.5) is 5.69 Å². The fourth-order valence-corrected chi connectivity index (χ4v) is 2.60. The molecular formula is C19H20N2O6. The van der Waals surface area contributed by atoms with Crippen molar-refractivity contribution in [2.45, 2.75) is 6.42 Å². The Kier molecular flexibility index (Phi) is 5.65. The molecule has 0 radical (unpaired) electrons. The SMILES string of the molecule is COc1ccc(CC(=O)NCC(=O)Nc2ccc3c(c2)OCO3)cc1OC. The molecule has 0 atom stereocenters. The van der Waals surface area contributed by atoms with Crippen LogP contribution in [0.25, 0.3) is 0 Å². The van der Waals surface area contributed by atoms with Gasteiger partial charge in [0.2, 0.25) is 18.6 Å². The second-order valence-corrected chi connectivity index (χ2v) is 5.76. The first-order valence-electron chi connectivity index (χ1n) is 8.26. The zero-order valence-corrected chi connectivity index (χ0v) is 15.0. The standard InChI is InChI=1S/C19H20N2O6/c1-24-14-5-3-12(7-16(14)25-2)8-18(22)20-10-19(23)21-13-4-6-15-17(9-13)27-11-26-15/h3-7,9H,8,10-11H2,1-2H3,(H,20,22)(H,21,23). The number of rotatable bonds is 7. The normalized spacial score (nSPS) is 11.6. The highest BCUT2D eigenvalue weighted by atomic mass is 16.7. The lowest BCUT2D eigenvalue weighted by Crippen LogP contribution is -2.33. The lowest BCUT2D eigenvalue weighted by molar-refractivity contribution is -0.123. The molecule has 2 N–H and O–H groups in total. The van der Waals surface area contributed by atoms with Crippen molar-refractivity contribution in [2.75, 3.05) is 32.9 Å². The van der Waals surface area contributed by atoms with Gasteiger partial charge in [0.25, 0.3) is 0 Å². The van der Waals surface area contributed by atoms with Gasteiger partial charge in [-0.1, -0.05) is 6.07 Å². The minimum absolute atomic E-state index is 0.123.